The van der Waals surface area contributed by atoms with Gasteiger partial charge < -0.3 is 4.18 Å². The number of hydrogen-bond donors (Lipinski definition) is 0. The quantitative estimate of drug-likeness (QED) is 0.806. The minimum atomic E-state index is -3.99. The van der Waals surface area contributed by atoms with E-state index in [1.54, 1.807) is 48.5 Å². The largest absolute Gasteiger partial charge is 0.389 e. The minimum Gasteiger partial charge on any atom is -0.389 e. The molecule has 0 aromatic heterocycles. The molecule has 0 fully saturated rings. The zero-order valence-electron chi connectivity index (χ0n) is 9.22. The molecule has 0 aliphatic carbocycles. The summed E-state index contributed by atoms with van der Waals surface area (Å²) < 4.78 is 40.5. The Kier molecular flexibility index (Phi) is 3.78. The van der Waals surface area contributed by atoms with Gasteiger partial charge >= 0.3 is 10.1 Å². The monoisotopic (exact) mass is 282 g/mol. The molecule has 0 spiro atoms. The van der Waals surface area contributed by atoms with Crippen molar-refractivity contribution in [3.05, 3.63) is 60.7 Å². The predicted molar refractivity (Wildman–Crippen MR) is 68.8 cm³/mol. The van der Waals surface area contributed by atoms with E-state index in [9.17, 15) is 12.6 Å². The molecule has 94 valence electrons. The van der Waals surface area contributed by atoms with Crippen molar-refractivity contribution in [3.8, 4) is 5.75 Å². The first kappa shape index (κ1) is 12.8. The van der Waals surface area contributed by atoms with Crippen molar-refractivity contribution in [2.45, 2.75) is 4.90 Å². The Morgan fingerprint density at radius 2 is 1.33 bits per heavy atom. The molecule has 0 radical (unpaired) electrons. The SMILES string of the molecule is O=S(Oc1ccccc1)S(=O)(=O)c1ccccc1. The van der Waals surface area contributed by atoms with Crippen molar-refractivity contribution in [3.63, 3.8) is 0 Å². The summed E-state index contributed by atoms with van der Waals surface area (Å²) >= 11 is 0. The molecule has 0 saturated carbocycles. The molecule has 1 atom stereocenters. The van der Waals surface area contributed by atoms with Gasteiger partial charge in [-0.15, -0.1) is 0 Å². The van der Waals surface area contributed by atoms with Gasteiger partial charge in [0.15, 0.2) is 0 Å². The highest BCUT2D eigenvalue weighted by Crippen LogP contribution is 2.18. The van der Waals surface area contributed by atoms with Crippen LogP contribution in [0.3, 0.4) is 0 Å². The molecule has 2 rings (SSSR count). The van der Waals surface area contributed by atoms with E-state index in [2.05, 4.69) is 0 Å². The molecular formula is C12H10O4S2. The van der Waals surface area contributed by atoms with Gasteiger partial charge in [-0.05, 0) is 24.3 Å². The third-order valence-corrected chi connectivity index (χ3v) is 5.51. The smallest absolute Gasteiger partial charge is 0.334 e. The summed E-state index contributed by atoms with van der Waals surface area (Å²) in [5, 5.41) is 0. The van der Waals surface area contributed by atoms with E-state index in [4.69, 9.17) is 4.18 Å². The zero-order chi connectivity index (χ0) is 13.0. The van der Waals surface area contributed by atoms with E-state index in [-0.39, 0.29) is 10.6 Å². The molecular weight excluding hydrogens is 272 g/mol. The zero-order valence-corrected chi connectivity index (χ0v) is 10.9. The second-order valence-electron chi connectivity index (χ2n) is 3.37. The summed E-state index contributed by atoms with van der Waals surface area (Å²) in [6.07, 6.45) is 0. The first-order valence-corrected chi connectivity index (χ1v) is 8.14. The van der Waals surface area contributed by atoms with Crippen molar-refractivity contribution in [1.82, 2.24) is 0 Å². The van der Waals surface area contributed by atoms with E-state index in [1.165, 1.54) is 12.1 Å². The second-order valence-corrected chi connectivity index (χ2v) is 7.46. The van der Waals surface area contributed by atoms with E-state index in [0.717, 1.165) is 0 Å². The summed E-state index contributed by atoms with van der Waals surface area (Å²) in [7, 11) is -6.45. The van der Waals surface area contributed by atoms with E-state index in [0.29, 0.717) is 0 Å². The highest BCUT2D eigenvalue weighted by Gasteiger charge is 2.25. The summed E-state index contributed by atoms with van der Waals surface area (Å²) in [5.41, 5.74) is 0. The minimum absolute atomic E-state index is 0.0285. The van der Waals surface area contributed by atoms with Crippen LogP contribution in [0.5, 0.6) is 5.75 Å². The molecule has 2 aromatic rings. The van der Waals surface area contributed by atoms with E-state index in [1.807, 2.05) is 0 Å². The molecule has 2 aromatic carbocycles. The lowest BCUT2D eigenvalue weighted by molar-refractivity contribution is 0.560. The van der Waals surface area contributed by atoms with Crippen molar-refractivity contribution in [2.24, 2.45) is 0 Å². The molecule has 0 amide bonds. The fraction of sp³-hybridized carbons (Fsp3) is 0. The normalized spacial score (nSPS) is 12.9. The molecule has 6 heteroatoms. The van der Waals surface area contributed by atoms with Gasteiger partial charge in [-0.3, -0.25) is 0 Å². The molecule has 1 unspecified atom stereocenters. The summed E-state index contributed by atoms with van der Waals surface area (Å²) in [6, 6.07) is 15.7. The Labute approximate surface area is 107 Å². The number of rotatable bonds is 4. The van der Waals surface area contributed by atoms with Crippen LogP contribution in [0.4, 0.5) is 0 Å². The highest BCUT2D eigenvalue weighted by atomic mass is 33.2. The van der Waals surface area contributed by atoms with Crippen LogP contribution in [0.15, 0.2) is 65.6 Å². The molecule has 0 heterocycles. The van der Waals surface area contributed by atoms with Crippen molar-refractivity contribution in [2.75, 3.05) is 0 Å². The van der Waals surface area contributed by atoms with Crippen molar-refractivity contribution in [1.29, 1.82) is 0 Å². The fourth-order valence-corrected chi connectivity index (χ4v) is 3.58. The molecule has 0 bridgehead atoms. The molecule has 0 aliphatic heterocycles. The van der Waals surface area contributed by atoms with Gasteiger partial charge in [-0.25, -0.2) is 8.42 Å². The lowest BCUT2D eigenvalue weighted by Gasteiger charge is -2.05. The van der Waals surface area contributed by atoms with Crippen LogP contribution >= 0.6 is 0 Å². The Bertz CT molecular complexity index is 636. The topological polar surface area (TPSA) is 60.4 Å². The lowest BCUT2D eigenvalue weighted by atomic mass is 10.3. The Morgan fingerprint density at radius 1 is 0.833 bits per heavy atom. The summed E-state index contributed by atoms with van der Waals surface area (Å²) in [5.74, 6) is 0.246. The highest BCUT2D eigenvalue weighted by molar-refractivity contribution is 8.62. The van der Waals surface area contributed by atoms with Crippen LogP contribution in [0.1, 0.15) is 0 Å². The van der Waals surface area contributed by atoms with E-state index < -0.39 is 19.0 Å². The lowest BCUT2D eigenvalue weighted by Crippen LogP contribution is -2.14. The van der Waals surface area contributed by atoms with Gasteiger partial charge in [0, 0.05) is 0 Å². The van der Waals surface area contributed by atoms with E-state index >= 15 is 0 Å². The van der Waals surface area contributed by atoms with Gasteiger partial charge in [-0.1, -0.05) is 36.4 Å². The van der Waals surface area contributed by atoms with Crippen LogP contribution in [-0.2, 0) is 19.0 Å². The number of hydrogen-bond acceptors (Lipinski definition) is 4. The fourth-order valence-electron chi connectivity index (χ4n) is 1.27. The first-order chi connectivity index (χ1) is 8.60. The van der Waals surface area contributed by atoms with Crippen LogP contribution in [0, 0.1) is 0 Å². The molecule has 0 N–H and O–H groups in total. The third-order valence-electron chi connectivity index (χ3n) is 2.12. The second kappa shape index (κ2) is 5.32. The molecule has 4 nitrogen and oxygen atoms in total. The third kappa shape index (κ3) is 2.77. The molecule has 0 saturated heterocycles. The average Bonchev–Trinajstić information content (AvgIpc) is 2.41. The Hall–Kier alpha value is -1.66. The van der Waals surface area contributed by atoms with Crippen LogP contribution < -0.4 is 4.18 Å². The van der Waals surface area contributed by atoms with Crippen LogP contribution in [-0.4, -0.2) is 12.6 Å². The molecule has 18 heavy (non-hydrogen) atoms. The maximum atomic E-state index is 11.9. The predicted octanol–water partition coefficient (Wildman–Crippen LogP) is 2.12. The summed E-state index contributed by atoms with van der Waals surface area (Å²) in [4.78, 5) is -0.0285. The Morgan fingerprint density at radius 3 is 1.89 bits per heavy atom. The Balaban J connectivity index is 2.25. The van der Waals surface area contributed by atoms with Crippen molar-refractivity contribution < 1.29 is 16.8 Å². The van der Waals surface area contributed by atoms with Gasteiger partial charge in [0.1, 0.15) is 5.75 Å². The van der Waals surface area contributed by atoms with Gasteiger partial charge in [0.2, 0.25) is 0 Å². The first-order valence-electron chi connectivity index (χ1n) is 5.06. The maximum absolute atomic E-state index is 11.9. The number of benzene rings is 2. The van der Waals surface area contributed by atoms with Gasteiger partial charge in [0.25, 0.3) is 8.87 Å². The van der Waals surface area contributed by atoms with Crippen LogP contribution in [0.2, 0.25) is 0 Å². The number of para-hydroxylation sites is 1. The van der Waals surface area contributed by atoms with Gasteiger partial charge in [0.05, 0.1) is 4.90 Å². The standard InChI is InChI=1S/C12H10O4S2/c13-17(16-11-7-3-1-4-8-11)18(14,15)12-9-5-2-6-10-12/h1-10H. The maximum Gasteiger partial charge on any atom is 0.334 e. The average molecular weight is 282 g/mol. The van der Waals surface area contributed by atoms with Crippen LogP contribution in [0.25, 0.3) is 0 Å². The summed E-state index contributed by atoms with van der Waals surface area (Å²) in [6.45, 7) is 0. The van der Waals surface area contributed by atoms with Gasteiger partial charge in [-0.2, -0.15) is 4.21 Å². The van der Waals surface area contributed by atoms with Crippen molar-refractivity contribution >= 4 is 19.0 Å². The molecule has 0 aliphatic rings.